The van der Waals surface area contributed by atoms with Crippen molar-refractivity contribution < 1.29 is 9.84 Å². The third-order valence-corrected chi connectivity index (χ3v) is 4.72. The predicted octanol–water partition coefficient (Wildman–Crippen LogP) is 3.05. The van der Waals surface area contributed by atoms with Crippen LogP contribution in [-0.2, 0) is 19.6 Å². The molecule has 0 saturated heterocycles. The van der Waals surface area contributed by atoms with E-state index in [1.807, 2.05) is 59.2 Å². The van der Waals surface area contributed by atoms with E-state index in [1.54, 1.807) is 13.4 Å². The number of nitrogens with one attached hydrogen (secondary N) is 2. The van der Waals surface area contributed by atoms with Crippen molar-refractivity contribution in [2.24, 2.45) is 0 Å². The third kappa shape index (κ3) is 4.49. The number of ether oxygens (including phenoxy) is 1. The van der Waals surface area contributed by atoms with Gasteiger partial charge in [0.25, 0.3) is 0 Å². The maximum Gasteiger partial charge on any atom is 0.227 e. The van der Waals surface area contributed by atoms with Gasteiger partial charge < -0.3 is 25.0 Å². The molecule has 0 aliphatic rings. The molecular formula is C22H24N6O2. The van der Waals surface area contributed by atoms with Crippen molar-refractivity contribution in [2.75, 3.05) is 24.4 Å². The van der Waals surface area contributed by atoms with Crippen LogP contribution in [0.1, 0.15) is 11.1 Å². The molecule has 4 rings (SSSR count). The highest BCUT2D eigenvalue weighted by Gasteiger charge is 2.13. The summed E-state index contributed by atoms with van der Waals surface area (Å²) in [6, 6.07) is 17.9. The number of aromatic nitrogens is 4. The monoisotopic (exact) mass is 404 g/mol. The van der Waals surface area contributed by atoms with Crippen LogP contribution in [-0.4, -0.2) is 38.3 Å². The van der Waals surface area contributed by atoms with Crippen molar-refractivity contribution in [3.8, 4) is 5.75 Å². The van der Waals surface area contributed by atoms with Gasteiger partial charge in [0, 0.05) is 19.6 Å². The zero-order valence-corrected chi connectivity index (χ0v) is 16.7. The number of aliphatic hydroxyl groups is 1. The van der Waals surface area contributed by atoms with Crippen LogP contribution in [0.2, 0.25) is 0 Å². The Morgan fingerprint density at radius 3 is 2.40 bits per heavy atom. The number of nitrogens with zero attached hydrogens (tertiary/aromatic N) is 4. The van der Waals surface area contributed by atoms with Crippen molar-refractivity contribution in [1.82, 2.24) is 19.5 Å². The molecule has 0 unspecified atom stereocenters. The van der Waals surface area contributed by atoms with Gasteiger partial charge in [-0.1, -0.05) is 42.5 Å². The van der Waals surface area contributed by atoms with Crippen LogP contribution < -0.4 is 15.4 Å². The Hall–Kier alpha value is -3.65. The molecule has 0 saturated carbocycles. The molecule has 154 valence electrons. The molecular weight excluding hydrogens is 380 g/mol. The van der Waals surface area contributed by atoms with Crippen LogP contribution in [0.25, 0.3) is 11.2 Å². The average molecular weight is 404 g/mol. The fourth-order valence-corrected chi connectivity index (χ4v) is 3.12. The number of rotatable bonds is 9. The molecule has 8 heteroatoms. The van der Waals surface area contributed by atoms with Crippen LogP contribution in [0.3, 0.4) is 0 Å². The van der Waals surface area contributed by atoms with Crippen LogP contribution in [0, 0.1) is 0 Å². The van der Waals surface area contributed by atoms with E-state index < -0.39 is 0 Å². The first kappa shape index (κ1) is 19.7. The minimum Gasteiger partial charge on any atom is -0.497 e. The van der Waals surface area contributed by atoms with E-state index in [9.17, 15) is 5.11 Å². The molecule has 0 spiro atoms. The smallest absolute Gasteiger partial charge is 0.227 e. The van der Waals surface area contributed by atoms with Gasteiger partial charge in [0.15, 0.2) is 17.0 Å². The quantitative estimate of drug-likeness (QED) is 0.394. The molecule has 0 radical (unpaired) electrons. The molecule has 2 aromatic carbocycles. The van der Waals surface area contributed by atoms with E-state index in [0.29, 0.717) is 42.6 Å². The summed E-state index contributed by atoms with van der Waals surface area (Å²) in [4.78, 5) is 13.7. The van der Waals surface area contributed by atoms with Crippen LogP contribution in [0.4, 0.5) is 11.8 Å². The molecule has 30 heavy (non-hydrogen) atoms. The zero-order valence-electron chi connectivity index (χ0n) is 16.7. The lowest BCUT2D eigenvalue weighted by molar-refractivity contribution is 0.277. The largest absolute Gasteiger partial charge is 0.497 e. The van der Waals surface area contributed by atoms with Gasteiger partial charge in [-0.25, -0.2) is 4.98 Å². The number of hydrogen-bond donors (Lipinski definition) is 3. The SMILES string of the molecule is COc1ccc(CNc2nc(NCc3ccccc3)nc3c2ncn3CCO)cc1. The lowest BCUT2D eigenvalue weighted by Gasteiger charge is -2.11. The minimum atomic E-state index is 0.0108. The summed E-state index contributed by atoms with van der Waals surface area (Å²) in [6.45, 7) is 1.62. The van der Waals surface area contributed by atoms with Crippen molar-refractivity contribution in [2.45, 2.75) is 19.6 Å². The fraction of sp³-hybridized carbons (Fsp3) is 0.227. The Kier molecular flexibility index (Phi) is 6.05. The predicted molar refractivity (Wildman–Crippen MR) is 116 cm³/mol. The Morgan fingerprint density at radius 1 is 0.933 bits per heavy atom. The first-order chi connectivity index (χ1) is 14.8. The number of fused-ring (bicyclic) bond motifs is 1. The molecule has 2 heterocycles. The van der Waals surface area contributed by atoms with Gasteiger partial charge in [-0.3, -0.25) is 0 Å². The Balaban J connectivity index is 1.59. The van der Waals surface area contributed by atoms with Crippen molar-refractivity contribution in [3.63, 3.8) is 0 Å². The van der Waals surface area contributed by atoms with E-state index >= 15 is 0 Å². The van der Waals surface area contributed by atoms with Crippen LogP contribution in [0.5, 0.6) is 5.75 Å². The Bertz CT molecular complexity index is 1100. The lowest BCUT2D eigenvalue weighted by Crippen LogP contribution is -2.09. The maximum atomic E-state index is 9.35. The topological polar surface area (TPSA) is 97.1 Å². The van der Waals surface area contributed by atoms with E-state index in [0.717, 1.165) is 16.9 Å². The standard InChI is InChI=1S/C22H24N6O2/c1-30-18-9-7-17(8-10-18)13-23-20-19-21(28(11-12-29)15-25-19)27-22(26-20)24-14-16-5-3-2-4-6-16/h2-10,15,29H,11-14H2,1H3,(H2,23,24,26,27). The van der Waals surface area contributed by atoms with Gasteiger partial charge in [0.1, 0.15) is 5.75 Å². The van der Waals surface area contributed by atoms with Crippen molar-refractivity contribution in [1.29, 1.82) is 0 Å². The molecule has 8 nitrogen and oxygen atoms in total. The number of imidazole rings is 1. The highest BCUT2D eigenvalue weighted by atomic mass is 16.5. The van der Waals surface area contributed by atoms with Gasteiger partial charge in [-0.05, 0) is 23.3 Å². The summed E-state index contributed by atoms with van der Waals surface area (Å²) in [6.07, 6.45) is 1.68. The molecule has 2 aromatic heterocycles. The first-order valence-electron chi connectivity index (χ1n) is 9.75. The second-order valence-electron chi connectivity index (χ2n) is 6.77. The minimum absolute atomic E-state index is 0.0108. The second kappa shape index (κ2) is 9.23. The Morgan fingerprint density at radius 2 is 1.67 bits per heavy atom. The van der Waals surface area contributed by atoms with E-state index in [4.69, 9.17) is 4.74 Å². The summed E-state index contributed by atoms with van der Waals surface area (Å²) in [5.74, 6) is 1.96. The molecule has 0 aliphatic carbocycles. The summed E-state index contributed by atoms with van der Waals surface area (Å²) >= 11 is 0. The average Bonchev–Trinajstić information content (AvgIpc) is 3.20. The van der Waals surface area contributed by atoms with Gasteiger partial charge in [-0.2, -0.15) is 9.97 Å². The van der Waals surface area contributed by atoms with Gasteiger partial charge in [0.05, 0.1) is 20.0 Å². The highest BCUT2D eigenvalue weighted by Crippen LogP contribution is 2.22. The molecule has 3 N–H and O–H groups in total. The molecule has 0 bridgehead atoms. The number of benzene rings is 2. The van der Waals surface area contributed by atoms with E-state index in [1.165, 1.54) is 0 Å². The number of aliphatic hydroxyl groups excluding tert-OH is 1. The molecule has 0 amide bonds. The van der Waals surface area contributed by atoms with Crippen molar-refractivity contribution in [3.05, 3.63) is 72.1 Å². The molecule has 0 fully saturated rings. The van der Waals surface area contributed by atoms with Crippen LogP contribution >= 0.6 is 0 Å². The zero-order chi connectivity index (χ0) is 20.8. The maximum absolute atomic E-state index is 9.35. The summed E-state index contributed by atoms with van der Waals surface area (Å²) in [5.41, 5.74) is 3.57. The normalized spacial score (nSPS) is 10.9. The van der Waals surface area contributed by atoms with Crippen molar-refractivity contribution >= 4 is 22.9 Å². The molecule has 0 atom stereocenters. The molecule has 4 aromatic rings. The number of anilines is 2. The molecule has 0 aliphatic heterocycles. The van der Waals surface area contributed by atoms with Gasteiger partial charge in [0.2, 0.25) is 5.95 Å². The summed E-state index contributed by atoms with van der Waals surface area (Å²) < 4.78 is 7.03. The fourth-order valence-electron chi connectivity index (χ4n) is 3.12. The lowest BCUT2D eigenvalue weighted by atomic mass is 10.2. The van der Waals surface area contributed by atoms with Gasteiger partial charge >= 0.3 is 0 Å². The van der Waals surface area contributed by atoms with E-state index in [-0.39, 0.29) is 6.61 Å². The Labute approximate surface area is 174 Å². The van der Waals surface area contributed by atoms with Gasteiger partial charge in [-0.15, -0.1) is 0 Å². The highest BCUT2D eigenvalue weighted by molar-refractivity contribution is 5.84. The van der Waals surface area contributed by atoms with Crippen LogP contribution in [0.15, 0.2) is 60.9 Å². The second-order valence-corrected chi connectivity index (χ2v) is 6.77. The summed E-state index contributed by atoms with van der Waals surface area (Å²) in [5, 5.41) is 16.0. The third-order valence-electron chi connectivity index (χ3n) is 4.72. The van der Waals surface area contributed by atoms with E-state index in [2.05, 4.69) is 25.6 Å². The first-order valence-corrected chi connectivity index (χ1v) is 9.75. The number of hydrogen-bond acceptors (Lipinski definition) is 7. The number of methoxy groups -OCH3 is 1. The summed E-state index contributed by atoms with van der Waals surface area (Å²) in [7, 11) is 1.65.